The molecular formula is C27H17F3N2O3S2. The molecule has 1 aromatic heterocycles. The van der Waals surface area contributed by atoms with Gasteiger partial charge in [0.15, 0.2) is 0 Å². The Balaban J connectivity index is 1.43. The third kappa shape index (κ3) is 4.00. The summed E-state index contributed by atoms with van der Waals surface area (Å²) >= 11 is 2.07. The zero-order valence-corrected chi connectivity index (χ0v) is 20.5. The van der Waals surface area contributed by atoms with E-state index in [9.17, 15) is 27.6 Å². The number of nitrogens with zero attached hydrogens (tertiary/aromatic N) is 1. The minimum Gasteiger partial charge on any atom is -0.307 e. The van der Waals surface area contributed by atoms with Gasteiger partial charge in [0, 0.05) is 10.8 Å². The van der Waals surface area contributed by atoms with Crippen molar-refractivity contribution in [3.8, 4) is 11.1 Å². The number of nitrogens with one attached hydrogen (secondary N) is 1. The molecule has 0 radical (unpaired) electrons. The minimum atomic E-state index is -4.62. The Hall–Kier alpha value is -3.63. The van der Waals surface area contributed by atoms with Crippen molar-refractivity contribution in [2.75, 3.05) is 4.90 Å². The van der Waals surface area contributed by atoms with Gasteiger partial charge in [-0.3, -0.25) is 14.4 Å². The summed E-state index contributed by atoms with van der Waals surface area (Å²) < 4.78 is 40.0. The summed E-state index contributed by atoms with van der Waals surface area (Å²) in [5, 5.41) is -0.362. The van der Waals surface area contributed by atoms with Crippen molar-refractivity contribution < 1.29 is 22.8 Å². The molecule has 2 aliphatic heterocycles. The fraction of sp³-hybridized carbons (Fsp3) is 0.148. The molecule has 3 heterocycles. The number of aromatic amines is 1. The van der Waals surface area contributed by atoms with Crippen LogP contribution in [-0.4, -0.2) is 22.0 Å². The molecule has 2 aliphatic rings. The molecule has 37 heavy (non-hydrogen) atoms. The van der Waals surface area contributed by atoms with E-state index in [4.69, 9.17) is 0 Å². The van der Waals surface area contributed by atoms with Gasteiger partial charge in [-0.25, -0.2) is 4.90 Å². The molecule has 1 saturated heterocycles. The zero-order valence-electron chi connectivity index (χ0n) is 18.9. The molecule has 10 heteroatoms. The first-order chi connectivity index (χ1) is 17.7. The Labute approximate surface area is 217 Å². The summed E-state index contributed by atoms with van der Waals surface area (Å²) in [5.41, 5.74) is 1.67. The van der Waals surface area contributed by atoms with Crippen molar-refractivity contribution in [1.82, 2.24) is 4.98 Å². The molecule has 1 N–H and O–H groups in total. The van der Waals surface area contributed by atoms with Crippen LogP contribution in [0.1, 0.15) is 21.9 Å². The van der Waals surface area contributed by atoms with Crippen molar-refractivity contribution in [1.29, 1.82) is 0 Å². The second-order valence-corrected chi connectivity index (χ2v) is 11.0. The third-order valence-corrected chi connectivity index (χ3v) is 9.03. The molecule has 3 atom stereocenters. The highest BCUT2D eigenvalue weighted by Crippen LogP contribution is 2.53. The molecule has 0 aliphatic carbocycles. The summed E-state index contributed by atoms with van der Waals surface area (Å²) in [7, 11) is 0. The Morgan fingerprint density at radius 2 is 1.51 bits per heavy atom. The van der Waals surface area contributed by atoms with E-state index in [0.717, 1.165) is 56.8 Å². The predicted molar refractivity (Wildman–Crippen MR) is 136 cm³/mol. The molecule has 5 nitrogen and oxygen atoms in total. The number of fused-ring (bicyclic) bond motifs is 2. The fourth-order valence-electron chi connectivity index (χ4n) is 4.97. The molecule has 2 unspecified atom stereocenters. The van der Waals surface area contributed by atoms with Crippen LogP contribution in [0.3, 0.4) is 0 Å². The SMILES string of the molecule is O=C1C2Sc3[nH]c(=O)sc3[C@H](c3ccc(-c4ccccc4)cc3)C2C(=O)N1c1cccc(C(F)(F)F)c1. The summed E-state index contributed by atoms with van der Waals surface area (Å²) in [5.74, 6) is -2.63. The van der Waals surface area contributed by atoms with Gasteiger partial charge < -0.3 is 4.98 Å². The molecule has 4 aromatic rings. The average molecular weight is 539 g/mol. The molecule has 2 amide bonds. The number of H-pyrrole nitrogens is 1. The predicted octanol–water partition coefficient (Wildman–Crippen LogP) is 5.92. The van der Waals surface area contributed by atoms with E-state index < -0.39 is 40.6 Å². The fourth-order valence-corrected chi connectivity index (χ4v) is 7.48. The first-order valence-electron chi connectivity index (χ1n) is 11.3. The maximum Gasteiger partial charge on any atom is 0.416 e. The number of carbonyl (C=O) groups excluding carboxylic acids is 2. The number of imide groups is 1. The number of rotatable bonds is 3. The molecule has 0 saturated carbocycles. The largest absolute Gasteiger partial charge is 0.416 e. The lowest BCUT2D eigenvalue weighted by Crippen LogP contribution is -2.32. The minimum absolute atomic E-state index is 0.116. The Morgan fingerprint density at radius 3 is 2.22 bits per heavy atom. The molecule has 186 valence electrons. The van der Waals surface area contributed by atoms with E-state index in [1.54, 1.807) is 0 Å². The Kier molecular flexibility index (Phi) is 5.61. The second kappa shape index (κ2) is 8.74. The normalized spacial score (nSPS) is 21.2. The number of aromatic nitrogens is 1. The van der Waals surface area contributed by atoms with Crippen LogP contribution in [0.5, 0.6) is 0 Å². The van der Waals surface area contributed by atoms with Gasteiger partial charge in [0.1, 0.15) is 5.25 Å². The summed E-state index contributed by atoms with van der Waals surface area (Å²) in [6.07, 6.45) is -4.62. The van der Waals surface area contributed by atoms with Gasteiger partial charge in [-0.15, -0.1) is 0 Å². The number of hydrogen-bond acceptors (Lipinski definition) is 5. The van der Waals surface area contributed by atoms with Gasteiger partial charge in [0.25, 0.3) is 0 Å². The molecule has 0 bridgehead atoms. The standard InChI is InChI=1S/C27H17F3N2O3S2/c28-27(29,30)17-7-4-8-18(13-17)32-24(33)20-19(21-23(31-26(35)37-21)36-22(20)25(32)34)16-11-9-15(10-12-16)14-5-2-1-3-6-14/h1-13,19-20,22H,(H,31,35)/t19-,20?,22?/m1/s1. The van der Waals surface area contributed by atoms with Gasteiger partial charge in [0.05, 0.1) is 22.2 Å². The molecule has 1 fully saturated rings. The van der Waals surface area contributed by atoms with Crippen molar-refractivity contribution in [2.24, 2.45) is 5.92 Å². The van der Waals surface area contributed by atoms with E-state index >= 15 is 0 Å². The Bertz CT molecular complexity index is 1580. The third-order valence-electron chi connectivity index (χ3n) is 6.63. The Morgan fingerprint density at radius 1 is 0.811 bits per heavy atom. The van der Waals surface area contributed by atoms with Crippen LogP contribution < -0.4 is 9.77 Å². The van der Waals surface area contributed by atoms with Gasteiger partial charge in [0.2, 0.25) is 11.8 Å². The highest BCUT2D eigenvalue weighted by molar-refractivity contribution is 8.00. The number of carbonyl (C=O) groups is 2. The van der Waals surface area contributed by atoms with E-state index in [1.807, 2.05) is 54.6 Å². The number of hydrogen-bond donors (Lipinski definition) is 1. The van der Waals surface area contributed by atoms with Crippen molar-refractivity contribution in [2.45, 2.75) is 22.4 Å². The number of anilines is 1. The summed E-state index contributed by atoms with van der Waals surface area (Å²) in [6, 6.07) is 21.6. The van der Waals surface area contributed by atoms with Crippen LogP contribution in [0.2, 0.25) is 0 Å². The first kappa shape index (κ1) is 23.7. The van der Waals surface area contributed by atoms with E-state index in [-0.39, 0.29) is 10.6 Å². The van der Waals surface area contributed by atoms with Crippen LogP contribution in [0.15, 0.2) is 88.7 Å². The molecular weight excluding hydrogens is 521 g/mol. The number of thioether (sulfide) groups is 1. The molecule has 6 rings (SSSR count). The smallest absolute Gasteiger partial charge is 0.307 e. The first-order valence-corrected chi connectivity index (χ1v) is 13.0. The monoisotopic (exact) mass is 538 g/mol. The van der Waals surface area contributed by atoms with E-state index in [0.29, 0.717) is 9.90 Å². The van der Waals surface area contributed by atoms with Crippen LogP contribution >= 0.6 is 23.1 Å². The number of alkyl halides is 3. The summed E-state index contributed by atoms with van der Waals surface area (Å²) in [4.78, 5) is 43.4. The number of thiazole rings is 1. The van der Waals surface area contributed by atoms with Crippen LogP contribution in [0.25, 0.3) is 11.1 Å². The second-order valence-electron chi connectivity index (χ2n) is 8.80. The number of halogens is 3. The molecule has 0 spiro atoms. The van der Waals surface area contributed by atoms with Crippen LogP contribution in [-0.2, 0) is 15.8 Å². The van der Waals surface area contributed by atoms with Crippen LogP contribution in [0, 0.1) is 5.92 Å². The topological polar surface area (TPSA) is 70.2 Å². The average Bonchev–Trinajstić information content (AvgIpc) is 3.38. The lowest BCUT2D eigenvalue weighted by molar-refractivity contribution is -0.137. The van der Waals surface area contributed by atoms with E-state index in [1.165, 1.54) is 12.1 Å². The zero-order chi connectivity index (χ0) is 25.9. The van der Waals surface area contributed by atoms with Gasteiger partial charge in [-0.1, -0.05) is 83.8 Å². The summed E-state index contributed by atoms with van der Waals surface area (Å²) in [6.45, 7) is 0. The van der Waals surface area contributed by atoms with Crippen molar-refractivity contribution in [3.63, 3.8) is 0 Å². The van der Waals surface area contributed by atoms with Gasteiger partial charge >= 0.3 is 11.0 Å². The van der Waals surface area contributed by atoms with Crippen molar-refractivity contribution in [3.05, 3.63) is 105 Å². The highest BCUT2D eigenvalue weighted by Gasteiger charge is 2.56. The van der Waals surface area contributed by atoms with E-state index in [2.05, 4.69) is 4.98 Å². The maximum absolute atomic E-state index is 13.7. The van der Waals surface area contributed by atoms with Crippen LogP contribution in [0.4, 0.5) is 18.9 Å². The lowest BCUT2D eigenvalue weighted by atomic mass is 9.82. The number of benzene rings is 3. The van der Waals surface area contributed by atoms with Gasteiger partial charge in [-0.05, 0) is 34.9 Å². The maximum atomic E-state index is 13.7. The van der Waals surface area contributed by atoms with Gasteiger partial charge in [-0.2, -0.15) is 13.2 Å². The number of amides is 2. The quantitative estimate of drug-likeness (QED) is 0.329. The van der Waals surface area contributed by atoms with Crippen molar-refractivity contribution >= 4 is 40.6 Å². The highest BCUT2D eigenvalue weighted by atomic mass is 32.2. The molecule has 3 aromatic carbocycles. The lowest BCUT2D eigenvalue weighted by Gasteiger charge is -2.30.